The second-order valence-corrected chi connectivity index (χ2v) is 4.73. The first kappa shape index (κ1) is 15.9. The zero-order valence-corrected chi connectivity index (χ0v) is 11.6. The maximum atomic E-state index is 12.2. The Labute approximate surface area is 123 Å². The first-order valence-electron chi connectivity index (χ1n) is 5.90. The monoisotopic (exact) mass is 320 g/mol. The van der Waals surface area contributed by atoms with Gasteiger partial charge in [0.2, 0.25) is 5.69 Å². The lowest BCUT2D eigenvalue weighted by Crippen LogP contribution is -2.37. The lowest BCUT2D eigenvalue weighted by molar-refractivity contribution is -0.0546. The van der Waals surface area contributed by atoms with Crippen LogP contribution in [0.4, 0.5) is 0 Å². The summed E-state index contributed by atoms with van der Waals surface area (Å²) in [5.74, 6) is -0.997. The van der Waals surface area contributed by atoms with Crippen LogP contribution in [-0.2, 0) is 9.47 Å². The van der Waals surface area contributed by atoms with Crippen LogP contribution in [-0.4, -0.2) is 62.9 Å². The molecule has 0 unspecified atom stereocenters. The Kier molecular flexibility index (Phi) is 4.59. The zero-order valence-electron chi connectivity index (χ0n) is 10.8. The van der Waals surface area contributed by atoms with Gasteiger partial charge in [-0.2, -0.15) is 0 Å². The molecule has 0 saturated carbocycles. The summed E-state index contributed by atoms with van der Waals surface area (Å²) >= 11 is 5.73. The van der Waals surface area contributed by atoms with Crippen molar-refractivity contribution in [3.8, 4) is 0 Å². The molecule has 0 amide bonds. The molecule has 0 bridgehead atoms. The van der Waals surface area contributed by atoms with E-state index in [0.29, 0.717) is 0 Å². The van der Waals surface area contributed by atoms with Crippen molar-refractivity contribution in [2.45, 2.75) is 24.5 Å². The van der Waals surface area contributed by atoms with E-state index in [2.05, 4.69) is 9.72 Å². The molecule has 1 fully saturated rings. The van der Waals surface area contributed by atoms with Crippen LogP contribution in [0.2, 0.25) is 5.15 Å². The Morgan fingerprint density at radius 1 is 1.52 bits per heavy atom. The number of ether oxygens (including phenoxy) is 2. The smallest absolute Gasteiger partial charge is 0.362 e. The fourth-order valence-electron chi connectivity index (χ4n) is 2.01. The molecule has 116 valence electrons. The number of nitrogens with zero attached hydrogens (tertiary/aromatic N) is 2. The maximum absolute atomic E-state index is 12.2. The summed E-state index contributed by atoms with van der Waals surface area (Å²) in [6.45, 7) is -0.549. The molecule has 1 saturated heterocycles. The van der Waals surface area contributed by atoms with Crippen LogP contribution in [0.25, 0.3) is 0 Å². The summed E-state index contributed by atoms with van der Waals surface area (Å²) < 4.78 is 10.4. The number of aromatic nitrogens is 2. The number of carbonyl (C=O) groups excluding carboxylic acids is 1. The molecule has 10 heteroatoms. The highest BCUT2D eigenvalue weighted by atomic mass is 35.5. The molecule has 2 heterocycles. The van der Waals surface area contributed by atoms with Crippen LogP contribution in [0.5, 0.6) is 0 Å². The Hall–Kier alpha value is -1.52. The molecule has 1 aromatic heterocycles. The van der Waals surface area contributed by atoms with Crippen LogP contribution >= 0.6 is 11.6 Å². The summed E-state index contributed by atoms with van der Waals surface area (Å²) in [4.78, 5) is 27.2. The van der Waals surface area contributed by atoms with Gasteiger partial charge in [-0.15, -0.1) is 0 Å². The third kappa shape index (κ3) is 2.78. The third-order valence-electron chi connectivity index (χ3n) is 3.07. The second-order valence-electron chi connectivity index (χ2n) is 4.35. The molecule has 1 aliphatic rings. The highest BCUT2D eigenvalue weighted by Gasteiger charge is 2.44. The molecular weight excluding hydrogens is 308 g/mol. The number of hydrogen-bond acceptors (Lipinski definition) is 8. The summed E-state index contributed by atoms with van der Waals surface area (Å²) in [6.07, 6.45) is -4.19. The van der Waals surface area contributed by atoms with E-state index in [4.69, 9.17) is 21.4 Å². The number of hydrogen-bond donors (Lipinski definition) is 3. The Morgan fingerprint density at radius 3 is 2.71 bits per heavy atom. The molecule has 3 N–H and O–H groups in total. The van der Waals surface area contributed by atoms with Gasteiger partial charge in [0.15, 0.2) is 6.23 Å². The van der Waals surface area contributed by atoms with Crippen molar-refractivity contribution in [2.75, 3.05) is 13.7 Å². The van der Waals surface area contributed by atoms with E-state index >= 15 is 0 Å². The average molecular weight is 321 g/mol. The van der Waals surface area contributed by atoms with E-state index in [1.807, 2.05) is 0 Å². The van der Waals surface area contributed by atoms with Gasteiger partial charge in [-0.1, -0.05) is 11.6 Å². The van der Waals surface area contributed by atoms with Gasteiger partial charge in [0, 0.05) is 6.20 Å². The van der Waals surface area contributed by atoms with E-state index < -0.39 is 48.4 Å². The number of aliphatic hydroxyl groups excluding tert-OH is 3. The highest BCUT2D eigenvalue weighted by molar-refractivity contribution is 6.29. The van der Waals surface area contributed by atoms with Gasteiger partial charge in [0.25, 0.3) is 5.56 Å². The largest absolute Gasteiger partial charge is 0.464 e. The molecule has 0 radical (unpaired) electrons. The molecule has 1 aromatic rings. The van der Waals surface area contributed by atoms with Gasteiger partial charge in [0.1, 0.15) is 23.5 Å². The number of methoxy groups -OCH3 is 1. The van der Waals surface area contributed by atoms with Gasteiger partial charge in [-0.25, -0.2) is 9.78 Å². The first-order valence-corrected chi connectivity index (χ1v) is 6.28. The predicted molar refractivity (Wildman–Crippen MR) is 67.9 cm³/mol. The third-order valence-corrected chi connectivity index (χ3v) is 3.25. The van der Waals surface area contributed by atoms with E-state index in [1.54, 1.807) is 0 Å². The molecule has 0 aromatic carbocycles. The van der Waals surface area contributed by atoms with E-state index in [0.717, 1.165) is 17.9 Å². The molecule has 21 heavy (non-hydrogen) atoms. The van der Waals surface area contributed by atoms with Crippen molar-refractivity contribution in [3.63, 3.8) is 0 Å². The van der Waals surface area contributed by atoms with Crippen molar-refractivity contribution in [3.05, 3.63) is 27.4 Å². The fraction of sp³-hybridized carbons (Fsp3) is 0.545. The SMILES string of the molecule is COC(=O)c1nc(Cl)cn([C@@H]2O[C@@H](CO)[C@H](O)[C@H]2O)c1=O. The number of esters is 1. The first-order chi connectivity index (χ1) is 9.90. The lowest BCUT2D eigenvalue weighted by Gasteiger charge is -2.18. The summed E-state index contributed by atoms with van der Waals surface area (Å²) in [6, 6.07) is 0. The molecule has 0 aliphatic carbocycles. The van der Waals surface area contributed by atoms with Gasteiger partial charge in [-0.3, -0.25) is 9.36 Å². The number of aliphatic hydroxyl groups is 3. The van der Waals surface area contributed by atoms with Crippen LogP contribution in [0, 0.1) is 0 Å². The summed E-state index contributed by atoms with van der Waals surface area (Å²) in [5, 5.41) is 28.4. The summed E-state index contributed by atoms with van der Waals surface area (Å²) in [7, 11) is 1.07. The second kappa shape index (κ2) is 6.08. The topological polar surface area (TPSA) is 131 Å². The maximum Gasteiger partial charge on any atom is 0.362 e. The van der Waals surface area contributed by atoms with Crippen molar-refractivity contribution >= 4 is 17.6 Å². The fourth-order valence-corrected chi connectivity index (χ4v) is 2.20. The van der Waals surface area contributed by atoms with Crippen LogP contribution in [0.15, 0.2) is 11.0 Å². The van der Waals surface area contributed by atoms with Crippen molar-refractivity contribution in [1.82, 2.24) is 9.55 Å². The lowest BCUT2D eigenvalue weighted by atomic mass is 10.1. The molecule has 4 atom stereocenters. The molecule has 2 rings (SSSR count). The molecule has 9 nitrogen and oxygen atoms in total. The quantitative estimate of drug-likeness (QED) is 0.561. The van der Waals surface area contributed by atoms with E-state index in [1.165, 1.54) is 0 Å². The molecular formula is C11H13ClN2O7. The number of halogens is 1. The molecule has 1 aliphatic heterocycles. The van der Waals surface area contributed by atoms with Crippen molar-refractivity contribution in [2.24, 2.45) is 0 Å². The normalized spacial score (nSPS) is 28.6. The number of rotatable bonds is 3. The van der Waals surface area contributed by atoms with Gasteiger partial charge >= 0.3 is 5.97 Å². The van der Waals surface area contributed by atoms with E-state index in [9.17, 15) is 19.8 Å². The Balaban J connectivity index is 2.48. The van der Waals surface area contributed by atoms with Gasteiger partial charge in [-0.05, 0) is 0 Å². The highest BCUT2D eigenvalue weighted by Crippen LogP contribution is 2.28. The van der Waals surface area contributed by atoms with Crippen molar-refractivity contribution < 1.29 is 29.6 Å². The van der Waals surface area contributed by atoms with Crippen LogP contribution in [0.3, 0.4) is 0 Å². The number of carbonyl (C=O) groups is 1. The van der Waals surface area contributed by atoms with Crippen LogP contribution in [0.1, 0.15) is 16.7 Å². The Bertz CT molecular complexity index is 605. The summed E-state index contributed by atoms with van der Waals surface area (Å²) in [5.41, 5.74) is -1.48. The minimum absolute atomic E-state index is 0.201. The van der Waals surface area contributed by atoms with Gasteiger partial charge < -0.3 is 24.8 Å². The minimum atomic E-state index is -1.48. The zero-order chi connectivity index (χ0) is 15.7. The molecule has 0 spiro atoms. The van der Waals surface area contributed by atoms with Crippen LogP contribution < -0.4 is 5.56 Å². The van der Waals surface area contributed by atoms with Crippen molar-refractivity contribution in [1.29, 1.82) is 0 Å². The van der Waals surface area contributed by atoms with Gasteiger partial charge in [0.05, 0.1) is 13.7 Å². The average Bonchev–Trinajstić information content (AvgIpc) is 2.76. The van der Waals surface area contributed by atoms with E-state index in [-0.39, 0.29) is 5.15 Å². The predicted octanol–water partition coefficient (Wildman–Crippen LogP) is -1.71. The minimum Gasteiger partial charge on any atom is -0.464 e. The Morgan fingerprint density at radius 2 is 2.19 bits per heavy atom. The standard InChI is InChI=1S/C11H13ClN2O7/c1-20-11(19)6-9(18)14(2-5(12)13-6)10-8(17)7(16)4(3-15)21-10/h2,4,7-8,10,15-17H,3H2,1H3/t4-,7-,8+,10+/m0/s1.